The van der Waals surface area contributed by atoms with Gasteiger partial charge in [0.05, 0.1) is 5.92 Å². The molecule has 3 amide bonds. The quantitative estimate of drug-likeness (QED) is 0.905. The highest BCUT2D eigenvalue weighted by molar-refractivity contribution is 5.92. The van der Waals surface area contributed by atoms with E-state index in [4.69, 9.17) is 0 Å². The zero-order chi connectivity index (χ0) is 18.3. The van der Waals surface area contributed by atoms with E-state index in [9.17, 15) is 9.59 Å². The van der Waals surface area contributed by atoms with Gasteiger partial charge in [-0.05, 0) is 38.3 Å². The number of carbonyl (C=O) groups is 2. The van der Waals surface area contributed by atoms with Gasteiger partial charge in [0.2, 0.25) is 5.91 Å². The second kappa shape index (κ2) is 6.91. The second-order valence-corrected chi connectivity index (χ2v) is 8.02. The molecule has 0 radical (unpaired) electrons. The molecule has 0 saturated carbocycles. The summed E-state index contributed by atoms with van der Waals surface area (Å²) in [4.78, 5) is 31.4. The Bertz CT molecular complexity index is 691. The molecule has 0 aliphatic carbocycles. The molecule has 1 aromatic rings. The van der Waals surface area contributed by atoms with Crippen molar-refractivity contribution in [3.63, 3.8) is 0 Å². The van der Waals surface area contributed by atoms with Crippen LogP contribution in [0.3, 0.4) is 0 Å². The summed E-state index contributed by atoms with van der Waals surface area (Å²) in [5.74, 6) is 0.466. The molecule has 0 unspecified atom stereocenters. The van der Waals surface area contributed by atoms with Gasteiger partial charge in [-0.1, -0.05) is 18.2 Å². The number of rotatable bonds is 3. The van der Waals surface area contributed by atoms with E-state index in [1.165, 1.54) is 0 Å². The van der Waals surface area contributed by atoms with Crippen LogP contribution in [0.2, 0.25) is 0 Å². The summed E-state index contributed by atoms with van der Waals surface area (Å²) in [5.41, 5.74) is 2.08. The van der Waals surface area contributed by atoms with E-state index in [1.807, 2.05) is 28.0 Å². The van der Waals surface area contributed by atoms with Crippen LogP contribution in [0.5, 0.6) is 0 Å². The standard InChI is InChI=1S/C20H28N4O2/c1-14(2)23-11-16(12-23)19(25)22-9-7-17(8-10-22)24-13-15-5-3-4-6-18(15)21-20(24)26/h3-6,14,16-17H,7-13H2,1-2H3,(H,21,26). The van der Waals surface area contributed by atoms with Gasteiger partial charge < -0.3 is 15.1 Å². The number of piperidine rings is 1. The van der Waals surface area contributed by atoms with E-state index in [0.717, 1.165) is 50.3 Å². The molecule has 6 nitrogen and oxygen atoms in total. The van der Waals surface area contributed by atoms with Crippen molar-refractivity contribution in [3.8, 4) is 0 Å². The summed E-state index contributed by atoms with van der Waals surface area (Å²) in [5, 5.41) is 2.99. The van der Waals surface area contributed by atoms with E-state index < -0.39 is 0 Å². The van der Waals surface area contributed by atoms with E-state index in [-0.39, 0.29) is 18.0 Å². The fraction of sp³-hybridized carbons (Fsp3) is 0.600. The van der Waals surface area contributed by atoms with E-state index in [1.54, 1.807) is 0 Å². The topological polar surface area (TPSA) is 55.9 Å². The molecular formula is C20H28N4O2. The number of carbonyl (C=O) groups excluding carboxylic acids is 2. The summed E-state index contributed by atoms with van der Waals surface area (Å²) >= 11 is 0. The fourth-order valence-electron chi connectivity index (χ4n) is 4.26. The summed E-state index contributed by atoms with van der Waals surface area (Å²) in [6, 6.07) is 8.68. The van der Waals surface area contributed by atoms with Gasteiger partial charge in [0.15, 0.2) is 0 Å². The Morgan fingerprint density at radius 1 is 1.15 bits per heavy atom. The smallest absolute Gasteiger partial charge is 0.322 e. The van der Waals surface area contributed by atoms with Crippen LogP contribution in [0.4, 0.5) is 10.5 Å². The van der Waals surface area contributed by atoms with E-state index in [0.29, 0.717) is 18.5 Å². The summed E-state index contributed by atoms with van der Waals surface area (Å²) in [7, 11) is 0. The average Bonchev–Trinajstić information content (AvgIpc) is 2.59. The molecule has 2 saturated heterocycles. The minimum Gasteiger partial charge on any atom is -0.342 e. The third-order valence-electron chi connectivity index (χ3n) is 6.07. The Morgan fingerprint density at radius 2 is 1.85 bits per heavy atom. The van der Waals surface area contributed by atoms with Gasteiger partial charge >= 0.3 is 6.03 Å². The van der Waals surface area contributed by atoms with Crippen molar-refractivity contribution in [2.45, 2.75) is 45.3 Å². The molecule has 0 aromatic heterocycles. The van der Waals surface area contributed by atoms with Gasteiger partial charge in [0.25, 0.3) is 0 Å². The van der Waals surface area contributed by atoms with Crippen molar-refractivity contribution < 1.29 is 9.59 Å². The van der Waals surface area contributed by atoms with Crippen molar-refractivity contribution >= 4 is 17.6 Å². The molecule has 3 aliphatic heterocycles. The van der Waals surface area contributed by atoms with Gasteiger partial charge in [-0.3, -0.25) is 9.69 Å². The summed E-state index contributed by atoms with van der Waals surface area (Å²) in [6.45, 7) is 8.30. The lowest BCUT2D eigenvalue weighted by Gasteiger charge is -2.45. The molecule has 1 aromatic carbocycles. The Balaban J connectivity index is 1.31. The molecule has 3 aliphatic rings. The van der Waals surface area contributed by atoms with Crippen LogP contribution in [0.1, 0.15) is 32.3 Å². The molecule has 0 spiro atoms. The van der Waals surface area contributed by atoms with Crippen LogP contribution in [-0.4, -0.2) is 64.9 Å². The minimum atomic E-state index is -0.0138. The molecule has 26 heavy (non-hydrogen) atoms. The Kier molecular flexibility index (Phi) is 4.61. The number of hydrogen-bond donors (Lipinski definition) is 1. The maximum Gasteiger partial charge on any atom is 0.322 e. The van der Waals surface area contributed by atoms with Crippen LogP contribution in [0.15, 0.2) is 24.3 Å². The lowest BCUT2D eigenvalue weighted by molar-refractivity contribution is -0.143. The van der Waals surface area contributed by atoms with E-state index >= 15 is 0 Å². The van der Waals surface area contributed by atoms with Crippen LogP contribution in [0, 0.1) is 5.92 Å². The number of anilines is 1. The molecule has 6 heteroatoms. The zero-order valence-electron chi connectivity index (χ0n) is 15.6. The van der Waals surface area contributed by atoms with Crippen molar-refractivity contribution in [1.29, 1.82) is 0 Å². The van der Waals surface area contributed by atoms with Crippen molar-refractivity contribution in [2.75, 3.05) is 31.5 Å². The largest absolute Gasteiger partial charge is 0.342 e. The van der Waals surface area contributed by atoms with Gasteiger partial charge in [0, 0.05) is 50.5 Å². The number of nitrogens with one attached hydrogen (secondary N) is 1. The first kappa shape index (κ1) is 17.3. The summed E-state index contributed by atoms with van der Waals surface area (Å²) in [6.07, 6.45) is 1.73. The normalized spacial score (nSPS) is 22.2. The van der Waals surface area contributed by atoms with Gasteiger partial charge in [0.1, 0.15) is 0 Å². The fourth-order valence-corrected chi connectivity index (χ4v) is 4.26. The number of hydrogen-bond acceptors (Lipinski definition) is 3. The number of fused-ring (bicyclic) bond motifs is 1. The highest BCUT2D eigenvalue weighted by atomic mass is 16.2. The third-order valence-corrected chi connectivity index (χ3v) is 6.07. The average molecular weight is 356 g/mol. The molecule has 1 N–H and O–H groups in total. The number of benzene rings is 1. The first-order valence-electron chi connectivity index (χ1n) is 9.71. The Morgan fingerprint density at radius 3 is 2.54 bits per heavy atom. The van der Waals surface area contributed by atoms with Crippen LogP contribution in [-0.2, 0) is 11.3 Å². The first-order chi connectivity index (χ1) is 12.5. The first-order valence-corrected chi connectivity index (χ1v) is 9.71. The molecule has 140 valence electrons. The number of nitrogens with zero attached hydrogens (tertiary/aromatic N) is 3. The van der Waals surface area contributed by atoms with E-state index in [2.05, 4.69) is 30.1 Å². The molecule has 0 bridgehead atoms. The van der Waals surface area contributed by atoms with Crippen molar-refractivity contribution in [2.24, 2.45) is 5.92 Å². The monoisotopic (exact) mass is 356 g/mol. The predicted molar refractivity (Wildman–Crippen MR) is 101 cm³/mol. The van der Waals surface area contributed by atoms with Crippen LogP contribution < -0.4 is 5.32 Å². The maximum absolute atomic E-state index is 12.7. The van der Waals surface area contributed by atoms with Crippen molar-refractivity contribution in [1.82, 2.24) is 14.7 Å². The lowest BCUT2D eigenvalue weighted by Crippen LogP contribution is -2.58. The predicted octanol–water partition coefficient (Wildman–Crippen LogP) is 2.37. The van der Waals surface area contributed by atoms with Gasteiger partial charge in [-0.2, -0.15) is 0 Å². The Labute approximate surface area is 155 Å². The minimum absolute atomic E-state index is 0.0138. The van der Waals surface area contributed by atoms with Gasteiger partial charge in [-0.15, -0.1) is 0 Å². The number of amides is 3. The highest BCUT2D eigenvalue weighted by Gasteiger charge is 2.38. The van der Waals surface area contributed by atoms with Crippen LogP contribution >= 0.6 is 0 Å². The number of urea groups is 1. The SMILES string of the molecule is CC(C)N1CC(C(=O)N2CCC(N3Cc4ccccc4NC3=O)CC2)C1. The third kappa shape index (κ3) is 3.18. The lowest BCUT2D eigenvalue weighted by atomic mass is 9.94. The zero-order valence-corrected chi connectivity index (χ0v) is 15.6. The molecule has 4 rings (SSSR count). The maximum atomic E-state index is 12.7. The number of para-hydroxylation sites is 1. The summed E-state index contributed by atoms with van der Waals surface area (Å²) < 4.78 is 0. The molecular weight excluding hydrogens is 328 g/mol. The molecule has 3 heterocycles. The van der Waals surface area contributed by atoms with Crippen molar-refractivity contribution in [3.05, 3.63) is 29.8 Å². The molecule has 0 atom stereocenters. The van der Waals surface area contributed by atoms with Crippen LogP contribution in [0.25, 0.3) is 0 Å². The van der Waals surface area contributed by atoms with Gasteiger partial charge in [-0.25, -0.2) is 4.79 Å². The number of likely N-dealkylation sites (tertiary alicyclic amines) is 2. The molecule has 2 fully saturated rings. The second-order valence-electron chi connectivity index (χ2n) is 8.02. The highest BCUT2D eigenvalue weighted by Crippen LogP contribution is 2.28. The Hall–Kier alpha value is -2.08.